The molecular weight excluding hydrogens is 220 g/mol. The van der Waals surface area contributed by atoms with Gasteiger partial charge >= 0.3 is 0 Å². The van der Waals surface area contributed by atoms with Crippen molar-refractivity contribution in [3.05, 3.63) is 11.4 Å². The second kappa shape index (κ2) is 6.24. The molecule has 0 fully saturated rings. The second-order valence-corrected chi connectivity index (χ2v) is 3.85. The van der Waals surface area contributed by atoms with Crippen LogP contribution < -0.4 is 11.1 Å². The largest absolute Gasteiger partial charge is 0.396 e. The van der Waals surface area contributed by atoms with Gasteiger partial charge in [-0.3, -0.25) is 9.48 Å². The number of aliphatic hydroxyl groups is 1. The van der Waals surface area contributed by atoms with Crippen molar-refractivity contribution in [1.29, 1.82) is 0 Å². The van der Waals surface area contributed by atoms with Crippen LogP contribution in [-0.2, 0) is 6.54 Å². The molecule has 0 saturated carbocycles. The summed E-state index contributed by atoms with van der Waals surface area (Å²) in [6.45, 7) is 4.98. The molecule has 1 aromatic rings. The van der Waals surface area contributed by atoms with E-state index in [0.29, 0.717) is 36.6 Å². The first-order valence-electron chi connectivity index (χ1n) is 5.83. The van der Waals surface area contributed by atoms with Crippen molar-refractivity contribution in [3.63, 3.8) is 0 Å². The molecule has 1 amide bonds. The van der Waals surface area contributed by atoms with Crippen LogP contribution in [0.25, 0.3) is 0 Å². The van der Waals surface area contributed by atoms with E-state index in [1.807, 2.05) is 6.92 Å². The van der Waals surface area contributed by atoms with Crippen molar-refractivity contribution in [2.24, 2.45) is 0 Å². The number of hydrogen-bond acceptors (Lipinski definition) is 4. The summed E-state index contributed by atoms with van der Waals surface area (Å²) in [6.07, 6.45) is 1.43. The molecule has 0 spiro atoms. The van der Waals surface area contributed by atoms with Crippen molar-refractivity contribution < 1.29 is 9.90 Å². The Labute approximate surface area is 101 Å². The van der Waals surface area contributed by atoms with Crippen LogP contribution in [0.3, 0.4) is 0 Å². The lowest BCUT2D eigenvalue weighted by Crippen LogP contribution is -2.28. The van der Waals surface area contributed by atoms with Crippen LogP contribution in [0.2, 0.25) is 0 Å². The van der Waals surface area contributed by atoms with Gasteiger partial charge < -0.3 is 16.2 Å². The maximum atomic E-state index is 11.9. The Balaban J connectivity index is 2.68. The summed E-state index contributed by atoms with van der Waals surface area (Å²) in [7, 11) is 0. The molecule has 0 saturated heterocycles. The van der Waals surface area contributed by atoms with Crippen LogP contribution >= 0.6 is 0 Å². The van der Waals surface area contributed by atoms with Gasteiger partial charge in [0.1, 0.15) is 5.69 Å². The fraction of sp³-hybridized carbons (Fsp3) is 0.636. The highest BCUT2D eigenvalue weighted by Crippen LogP contribution is 2.15. The molecule has 0 unspecified atom stereocenters. The van der Waals surface area contributed by atoms with E-state index in [1.54, 1.807) is 11.6 Å². The normalized spacial score (nSPS) is 10.5. The van der Waals surface area contributed by atoms with Crippen molar-refractivity contribution in [2.45, 2.75) is 33.2 Å². The van der Waals surface area contributed by atoms with E-state index in [2.05, 4.69) is 10.4 Å². The summed E-state index contributed by atoms with van der Waals surface area (Å²) in [4.78, 5) is 11.9. The van der Waals surface area contributed by atoms with E-state index in [0.717, 1.165) is 6.42 Å². The molecule has 0 aromatic carbocycles. The molecule has 0 radical (unpaired) electrons. The molecule has 1 aromatic heterocycles. The first kappa shape index (κ1) is 13.5. The number of nitrogens with one attached hydrogen (secondary N) is 1. The highest BCUT2D eigenvalue weighted by atomic mass is 16.2. The van der Waals surface area contributed by atoms with Crippen LogP contribution in [0.15, 0.2) is 0 Å². The summed E-state index contributed by atoms with van der Waals surface area (Å²) >= 11 is 0. The van der Waals surface area contributed by atoms with Gasteiger partial charge in [-0.25, -0.2) is 0 Å². The average molecular weight is 240 g/mol. The number of aryl methyl sites for hydroxylation is 2. The number of nitrogen functional groups attached to an aromatic ring is 1. The van der Waals surface area contributed by atoms with E-state index < -0.39 is 0 Å². The average Bonchev–Trinajstić information content (AvgIpc) is 2.61. The Morgan fingerprint density at radius 1 is 1.53 bits per heavy atom. The van der Waals surface area contributed by atoms with Gasteiger partial charge in [0.05, 0.1) is 11.4 Å². The minimum Gasteiger partial charge on any atom is -0.396 e. The van der Waals surface area contributed by atoms with Crippen LogP contribution in [0.5, 0.6) is 0 Å². The Kier molecular flexibility index (Phi) is 4.96. The fourth-order valence-corrected chi connectivity index (χ4v) is 1.59. The lowest BCUT2D eigenvalue weighted by atomic mass is 10.2. The SMILES string of the molecule is CCn1nc(C)c(N)c1C(=O)NCCCCO. The summed E-state index contributed by atoms with van der Waals surface area (Å²) in [5.41, 5.74) is 7.36. The highest BCUT2D eigenvalue weighted by Gasteiger charge is 2.18. The fourth-order valence-electron chi connectivity index (χ4n) is 1.59. The standard InChI is InChI=1S/C11H20N4O2/c1-3-15-10(9(12)8(2)14-15)11(17)13-6-4-5-7-16/h16H,3-7,12H2,1-2H3,(H,13,17). The maximum absolute atomic E-state index is 11.9. The number of hydrogen-bond donors (Lipinski definition) is 3. The predicted octanol–water partition coefficient (Wildman–Crippen LogP) is 0.296. The van der Waals surface area contributed by atoms with Gasteiger partial charge in [-0.15, -0.1) is 0 Å². The summed E-state index contributed by atoms with van der Waals surface area (Å²) in [5.74, 6) is -0.206. The van der Waals surface area contributed by atoms with Crippen molar-refractivity contribution in [2.75, 3.05) is 18.9 Å². The van der Waals surface area contributed by atoms with E-state index in [4.69, 9.17) is 10.8 Å². The van der Waals surface area contributed by atoms with Crippen LogP contribution in [0.4, 0.5) is 5.69 Å². The monoisotopic (exact) mass is 240 g/mol. The third-order valence-corrected chi connectivity index (χ3v) is 2.56. The zero-order chi connectivity index (χ0) is 12.8. The molecule has 0 aliphatic carbocycles. The van der Waals surface area contributed by atoms with Gasteiger partial charge in [0.25, 0.3) is 5.91 Å². The summed E-state index contributed by atoms with van der Waals surface area (Å²) < 4.78 is 1.60. The number of rotatable bonds is 6. The molecule has 1 rings (SSSR count). The summed E-state index contributed by atoms with van der Waals surface area (Å²) in [5, 5.41) is 15.6. The van der Waals surface area contributed by atoms with Crippen LogP contribution in [-0.4, -0.2) is 33.9 Å². The molecule has 0 atom stereocenters. The number of aromatic nitrogens is 2. The lowest BCUT2D eigenvalue weighted by Gasteiger charge is -2.07. The third-order valence-electron chi connectivity index (χ3n) is 2.56. The van der Waals surface area contributed by atoms with Gasteiger partial charge in [-0.05, 0) is 26.7 Å². The van der Waals surface area contributed by atoms with Crippen LogP contribution in [0.1, 0.15) is 35.9 Å². The third kappa shape index (κ3) is 3.20. The van der Waals surface area contributed by atoms with E-state index in [1.165, 1.54) is 0 Å². The number of unbranched alkanes of at least 4 members (excludes halogenated alkanes) is 1. The number of anilines is 1. The molecular formula is C11H20N4O2. The minimum absolute atomic E-state index is 0.143. The molecule has 0 bridgehead atoms. The van der Waals surface area contributed by atoms with Gasteiger partial charge in [0.2, 0.25) is 0 Å². The number of amides is 1. The molecule has 96 valence electrons. The van der Waals surface area contributed by atoms with Gasteiger partial charge in [-0.1, -0.05) is 0 Å². The topological polar surface area (TPSA) is 93.2 Å². The Morgan fingerprint density at radius 2 is 2.24 bits per heavy atom. The Hall–Kier alpha value is -1.56. The lowest BCUT2D eigenvalue weighted by molar-refractivity contribution is 0.0942. The second-order valence-electron chi connectivity index (χ2n) is 3.85. The molecule has 0 aliphatic rings. The summed E-state index contributed by atoms with van der Waals surface area (Å²) in [6, 6.07) is 0. The quantitative estimate of drug-likeness (QED) is 0.623. The number of nitrogens with zero attached hydrogens (tertiary/aromatic N) is 2. The molecule has 4 N–H and O–H groups in total. The van der Waals surface area contributed by atoms with E-state index in [9.17, 15) is 4.79 Å². The number of carbonyl (C=O) groups is 1. The van der Waals surface area contributed by atoms with Crippen molar-refractivity contribution >= 4 is 11.6 Å². The van der Waals surface area contributed by atoms with Gasteiger partial charge in [0, 0.05) is 19.7 Å². The molecule has 0 aliphatic heterocycles. The first-order valence-corrected chi connectivity index (χ1v) is 5.83. The number of carbonyl (C=O) groups excluding carboxylic acids is 1. The smallest absolute Gasteiger partial charge is 0.271 e. The molecule has 1 heterocycles. The number of aliphatic hydroxyl groups excluding tert-OH is 1. The Bertz CT molecular complexity index is 387. The van der Waals surface area contributed by atoms with Crippen molar-refractivity contribution in [3.8, 4) is 0 Å². The van der Waals surface area contributed by atoms with Gasteiger partial charge in [0.15, 0.2) is 0 Å². The zero-order valence-corrected chi connectivity index (χ0v) is 10.4. The van der Waals surface area contributed by atoms with Gasteiger partial charge in [-0.2, -0.15) is 5.10 Å². The molecule has 6 heteroatoms. The zero-order valence-electron chi connectivity index (χ0n) is 10.4. The minimum atomic E-state index is -0.206. The maximum Gasteiger partial charge on any atom is 0.271 e. The van der Waals surface area contributed by atoms with Crippen LogP contribution in [0, 0.1) is 6.92 Å². The number of nitrogens with two attached hydrogens (primary N) is 1. The highest BCUT2D eigenvalue weighted by molar-refractivity contribution is 5.97. The Morgan fingerprint density at radius 3 is 2.82 bits per heavy atom. The van der Waals surface area contributed by atoms with Crippen molar-refractivity contribution in [1.82, 2.24) is 15.1 Å². The molecule has 6 nitrogen and oxygen atoms in total. The predicted molar refractivity (Wildman–Crippen MR) is 65.7 cm³/mol. The van der Waals surface area contributed by atoms with E-state index >= 15 is 0 Å². The first-order chi connectivity index (χ1) is 8.11. The molecule has 17 heavy (non-hydrogen) atoms. The van der Waals surface area contributed by atoms with E-state index in [-0.39, 0.29) is 12.5 Å².